The summed E-state index contributed by atoms with van der Waals surface area (Å²) in [7, 11) is -3.67. The highest BCUT2D eigenvalue weighted by atomic mass is 32.2. The highest BCUT2D eigenvalue weighted by Gasteiger charge is 2.30. The molecule has 1 heterocycles. The molecule has 1 aliphatic rings. The Balaban J connectivity index is 1.38. The predicted octanol–water partition coefficient (Wildman–Crippen LogP) is 0.110. The quantitative estimate of drug-likeness (QED) is 0.407. The lowest BCUT2D eigenvalue weighted by atomic mass is 10.0. The normalized spacial score (nSPS) is 18.9. The van der Waals surface area contributed by atoms with Gasteiger partial charge in [0.05, 0.1) is 4.90 Å². The summed E-state index contributed by atoms with van der Waals surface area (Å²) in [5, 5.41) is 0. The molecule has 0 saturated carbocycles. The lowest BCUT2D eigenvalue weighted by Crippen LogP contribution is -2.50. The number of nitrogens with one attached hydrogen (secondary N) is 5. The molecule has 0 bridgehead atoms. The molecule has 1 fully saturated rings. The van der Waals surface area contributed by atoms with Gasteiger partial charge < -0.3 is 0 Å². The van der Waals surface area contributed by atoms with Gasteiger partial charge in [-0.05, 0) is 24.1 Å². The summed E-state index contributed by atoms with van der Waals surface area (Å²) < 4.78 is 26.5. The molecular weight excluding hydrogens is 394 g/mol. The fourth-order valence-electron chi connectivity index (χ4n) is 2.89. The van der Waals surface area contributed by atoms with Gasteiger partial charge in [-0.3, -0.25) is 20.4 Å². The van der Waals surface area contributed by atoms with Crippen LogP contribution in [0.25, 0.3) is 0 Å². The van der Waals surface area contributed by atoms with Crippen molar-refractivity contribution in [2.24, 2.45) is 0 Å². The third-order valence-corrected chi connectivity index (χ3v) is 5.92. The van der Waals surface area contributed by atoms with Crippen molar-refractivity contribution in [3.05, 3.63) is 66.2 Å². The highest BCUT2D eigenvalue weighted by Crippen LogP contribution is 2.21. The minimum Gasteiger partial charge on any atom is -0.273 e. The topological polar surface area (TPSA) is 128 Å². The molecule has 0 spiro atoms. The van der Waals surface area contributed by atoms with Crippen molar-refractivity contribution in [3.8, 4) is 0 Å². The number of hydrogen-bond donors (Lipinski definition) is 5. The number of sulfonamides is 1. The summed E-state index contributed by atoms with van der Waals surface area (Å²) in [5.74, 6) is -0.881. The number of rotatable bonds is 7. The third-order valence-electron chi connectivity index (χ3n) is 4.44. The van der Waals surface area contributed by atoms with Gasteiger partial charge in [-0.15, -0.1) is 0 Å². The number of hydrazine groups is 2. The molecule has 29 heavy (non-hydrogen) atoms. The van der Waals surface area contributed by atoms with Crippen molar-refractivity contribution in [1.82, 2.24) is 26.4 Å². The van der Waals surface area contributed by atoms with Crippen LogP contribution in [0.15, 0.2) is 65.6 Å². The zero-order valence-corrected chi connectivity index (χ0v) is 16.4. The summed E-state index contributed by atoms with van der Waals surface area (Å²) in [6.45, 7) is -0.0851. The molecule has 5 N–H and O–H groups in total. The lowest BCUT2D eigenvalue weighted by Gasteiger charge is -2.12. The van der Waals surface area contributed by atoms with Crippen LogP contribution in [-0.4, -0.2) is 32.8 Å². The summed E-state index contributed by atoms with van der Waals surface area (Å²) in [4.78, 5) is 24.2. The monoisotopic (exact) mass is 417 g/mol. The number of carbonyl (C=O) groups is 2. The Morgan fingerprint density at radius 1 is 0.931 bits per heavy atom. The largest absolute Gasteiger partial charge is 0.273 e. The first-order chi connectivity index (χ1) is 14.0. The molecule has 2 atom stereocenters. The van der Waals surface area contributed by atoms with E-state index >= 15 is 0 Å². The van der Waals surface area contributed by atoms with Gasteiger partial charge in [0.1, 0.15) is 6.04 Å². The van der Waals surface area contributed by atoms with Gasteiger partial charge >= 0.3 is 0 Å². The van der Waals surface area contributed by atoms with Gasteiger partial charge in [0.15, 0.2) is 0 Å². The summed E-state index contributed by atoms with van der Waals surface area (Å²) in [6, 6.07) is 17.1. The molecule has 1 saturated heterocycles. The molecule has 9 nitrogen and oxygen atoms in total. The zero-order valence-electron chi connectivity index (χ0n) is 15.6. The molecule has 0 aliphatic carbocycles. The summed E-state index contributed by atoms with van der Waals surface area (Å²) >= 11 is 0. The van der Waals surface area contributed by atoms with E-state index in [1.54, 1.807) is 18.2 Å². The second-order valence-electron chi connectivity index (χ2n) is 6.54. The van der Waals surface area contributed by atoms with E-state index < -0.39 is 22.0 Å². The van der Waals surface area contributed by atoms with Crippen molar-refractivity contribution in [1.29, 1.82) is 0 Å². The Hall–Kier alpha value is -2.79. The molecule has 2 unspecified atom stereocenters. The minimum absolute atomic E-state index is 0.00459. The first-order valence-electron chi connectivity index (χ1n) is 9.15. The van der Waals surface area contributed by atoms with Crippen LogP contribution in [0.3, 0.4) is 0 Å². The van der Waals surface area contributed by atoms with E-state index in [0.717, 1.165) is 5.56 Å². The molecule has 0 radical (unpaired) electrons. The highest BCUT2D eigenvalue weighted by molar-refractivity contribution is 7.89. The molecule has 2 amide bonds. The van der Waals surface area contributed by atoms with Gasteiger partial charge in [0.25, 0.3) is 5.91 Å². The van der Waals surface area contributed by atoms with E-state index in [1.165, 1.54) is 12.1 Å². The molecule has 1 aliphatic heterocycles. The second kappa shape index (κ2) is 9.61. The third kappa shape index (κ3) is 5.84. The average molecular weight is 417 g/mol. The second-order valence-corrected chi connectivity index (χ2v) is 8.31. The van der Waals surface area contributed by atoms with Gasteiger partial charge in [0, 0.05) is 19.0 Å². The van der Waals surface area contributed by atoms with Crippen LogP contribution >= 0.6 is 0 Å². The SMILES string of the molecule is O=C(CCNS(=O)(=O)c1ccccc1)NNC(=O)C1CC(c2ccccc2)NN1. The zero-order chi connectivity index (χ0) is 20.7. The van der Waals surface area contributed by atoms with Crippen molar-refractivity contribution in [2.75, 3.05) is 6.54 Å². The van der Waals surface area contributed by atoms with E-state index in [4.69, 9.17) is 0 Å². The predicted molar refractivity (Wildman–Crippen MR) is 106 cm³/mol. The Morgan fingerprint density at radius 2 is 1.59 bits per heavy atom. The maximum Gasteiger partial charge on any atom is 0.256 e. The van der Waals surface area contributed by atoms with Crippen LogP contribution in [0.1, 0.15) is 24.4 Å². The molecule has 2 aromatic rings. The van der Waals surface area contributed by atoms with Crippen LogP contribution in [0.2, 0.25) is 0 Å². The van der Waals surface area contributed by atoms with Crippen LogP contribution < -0.4 is 26.4 Å². The molecule has 2 aromatic carbocycles. The Morgan fingerprint density at radius 3 is 2.28 bits per heavy atom. The fraction of sp³-hybridized carbons (Fsp3) is 0.263. The molecule has 3 rings (SSSR count). The number of benzene rings is 2. The summed E-state index contributed by atoms with van der Waals surface area (Å²) in [6.07, 6.45) is 0.415. The maximum absolute atomic E-state index is 12.2. The van der Waals surface area contributed by atoms with E-state index in [0.29, 0.717) is 6.42 Å². The summed E-state index contributed by atoms with van der Waals surface area (Å²) in [5.41, 5.74) is 11.7. The number of carbonyl (C=O) groups excluding carboxylic acids is 2. The Labute approximate surface area is 169 Å². The van der Waals surface area contributed by atoms with Crippen molar-refractivity contribution in [3.63, 3.8) is 0 Å². The molecule has 154 valence electrons. The molecular formula is C19H23N5O4S. The fourth-order valence-corrected chi connectivity index (χ4v) is 3.95. The van der Waals surface area contributed by atoms with E-state index in [2.05, 4.69) is 26.4 Å². The van der Waals surface area contributed by atoms with E-state index in [9.17, 15) is 18.0 Å². The van der Waals surface area contributed by atoms with Gasteiger partial charge in [-0.25, -0.2) is 24.0 Å². The average Bonchev–Trinajstić information content (AvgIpc) is 3.24. The van der Waals surface area contributed by atoms with Crippen molar-refractivity contribution in [2.45, 2.75) is 29.8 Å². The standard InChI is InChI=1S/C19H23N5O4S/c25-18(11-12-20-29(27,28)15-9-5-2-6-10-15)23-24-19(26)17-13-16(21-22-17)14-7-3-1-4-8-14/h1-10,16-17,20-22H,11-13H2,(H,23,25)(H,24,26). The van der Waals surface area contributed by atoms with Crippen LogP contribution in [0.5, 0.6) is 0 Å². The van der Waals surface area contributed by atoms with E-state index in [1.807, 2.05) is 30.3 Å². The lowest BCUT2D eigenvalue weighted by molar-refractivity contribution is -0.129. The van der Waals surface area contributed by atoms with Gasteiger partial charge in [-0.1, -0.05) is 48.5 Å². The maximum atomic E-state index is 12.2. The Bertz CT molecular complexity index is 938. The Kier molecular flexibility index (Phi) is 6.94. The van der Waals surface area contributed by atoms with Crippen LogP contribution in [0.4, 0.5) is 0 Å². The first kappa shape index (κ1) is 20.9. The number of amides is 2. The minimum atomic E-state index is -3.67. The van der Waals surface area contributed by atoms with Crippen molar-refractivity contribution < 1.29 is 18.0 Å². The van der Waals surface area contributed by atoms with Crippen molar-refractivity contribution >= 4 is 21.8 Å². The van der Waals surface area contributed by atoms with Crippen LogP contribution in [-0.2, 0) is 19.6 Å². The molecule has 10 heteroatoms. The smallest absolute Gasteiger partial charge is 0.256 e. The van der Waals surface area contributed by atoms with Gasteiger partial charge in [-0.2, -0.15) is 0 Å². The first-order valence-corrected chi connectivity index (χ1v) is 10.6. The van der Waals surface area contributed by atoms with E-state index in [-0.39, 0.29) is 29.8 Å². The molecule has 0 aromatic heterocycles. The van der Waals surface area contributed by atoms with Gasteiger partial charge in [0.2, 0.25) is 15.9 Å². The van der Waals surface area contributed by atoms with Crippen LogP contribution in [0, 0.1) is 0 Å². The number of hydrogen-bond acceptors (Lipinski definition) is 6.